The van der Waals surface area contributed by atoms with Crippen LogP contribution in [0.4, 0.5) is 4.39 Å². The lowest BCUT2D eigenvalue weighted by molar-refractivity contribution is -0.122. The molecule has 2 atom stereocenters. The number of benzene rings is 1. The third-order valence-corrected chi connectivity index (χ3v) is 3.65. The van der Waals surface area contributed by atoms with E-state index < -0.39 is 0 Å². The van der Waals surface area contributed by atoms with E-state index in [9.17, 15) is 9.18 Å². The molecule has 22 heavy (non-hydrogen) atoms. The molecule has 2 unspecified atom stereocenters. The number of nitrogens with one attached hydrogen (secondary N) is 2. The van der Waals surface area contributed by atoms with Crippen molar-refractivity contribution in [3.63, 3.8) is 0 Å². The summed E-state index contributed by atoms with van der Waals surface area (Å²) in [6.45, 7) is 4.30. The molecular weight excluding hydrogens is 307 g/mol. The van der Waals surface area contributed by atoms with Crippen LogP contribution in [-0.2, 0) is 4.79 Å². The largest absolute Gasteiger partial charge is 0.491 e. The maximum atomic E-state index is 13.0. The molecule has 2 rings (SSSR count). The van der Waals surface area contributed by atoms with Gasteiger partial charge in [0.25, 0.3) is 0 Å². The lowest BCUT2D eigenvalue weighted by Gasteiger charge is -2.16. The van der Waals surface area contributed by atoms with E-state index in [1.54, 1.807) is 12.1 Å². The summed E-state index contributed by atoms with van der Waals surface area (Å²) in [5.41, 5.74) is 0. The second kappa shape index (κ2) is 9.64. The molecule has 6 heteroatoms. The van der Waals surface area contributed by atoms with E-state index in [0.717, 1.165) is 25.9 Å². The average molecular weight is 331 g/mol. The molecule has 2 N–H and O–H groups in total. The summed E-state index contributed by atoms with van der Waals surface area (Å²) in [7, 11) is 0. The van der Waals surface area contributed by atoms with E-state index in [1.807, 2.05) is 6.92 Å². The number of hydrogen-bond acceptors (Lipinski definition) is 3. The number of carbonyl (C=O) groups is 1. The van der Waals surface area contributed by atoms with E-state index in [4.69, 9.17) is 4.74 Å². The molecule has 124 valence electrons. The van der Waals surface area contributed by atoms with Gasteiger partial charge >= 0.3 is 0 Å². The highest BCUT2D eigenvalue weighted by Gasteiger charge is 2.16. The molecule has 0 aromatic heterocycles. The number of ether oxygens (including phenoxy) is 1. The number of carbonyl (C=O) groups excluding carboxylic acids is 1. The van der Waals surface area contributed by atoms with Gasteiger partial charge in [0.1, 0.15) is 18.2 Å². The maximum absolute atomic E-state index is 13.0. The Morgan fingerprint density at radius 2 is 2.36 bits per heavy atom. The topological polar surface area (TPSA) is 50.4 Å². The van der Waals surface area contributed by atoms with E-state index in [0.29, 0.717) is 24.7 Å². The van der Waals surface area contributed by atoms with Crippen molar-refractivity contribution >= 4 is 18.3 Å². The van der Waals surface area contributed by atoms with Crippen LogP contribution >= 0.6 is 12.4 Å². The minimum absolute atomic E-state index is 0. The van der Waals surface area contributed by atoms with Crippen LogP contribution in [0.25, 0.3) is 0 Å². The highest BCUT2D eigenvalue weighted by molar-refractivity contribution is 5.85. The van der Waals surface area contributed by atoms with Gasteiger partial charge in [-0.15, -0.1) is 12.4 Å². The van der Waals surface area contributed by atoms with Gasteiger partial charge in [-0.05, 0) is 50.9 Å². The Hall–Kier alpha value is -1.33. The number of amides is 1. The minimum Gasteiger partial charge on any atom is -0.491 e. The third kappa shape index (κ3) is 6.62. The SMILES string of the molecule is CC(COc1cccc(F)c1)NC(=O)CCC1CCNC1.Cl. The van der Waals surface area contributed by atoms with E-state index in [2.05, 4.69) is 10.6 Å². The second-order valence-electron chi connectivity index (χ2n) is 5.63. The Morgan fingerprint density at radius 1 is 1.55 bits per heavy atom. The predicted molar refractivity (Wildman–Crippen MR) is 87.0 cm³/mol. The molecule has 0 radical (unpaired) electrons. The van der Waals surface area contributed by atoms with Crippen LogP contribution in [0.15, 0.2) is 24.3 Å². The zero-order valence-corrected chi connectivity index (χ0v) is 13.6. The quantitative estimate of drug-likeness (QED) is 0.807. The van der Waals surface area contributed by atoms with Gasteiger partial charge in [-0.2, -0.15) is 0 Å². The fourth-order valence-electron chi connectivity index (χ4n) is 2.46. The lowest BCUT2D eigenvalue weighted by atomic mass is 10.0. The lowest BCUT2D eigenvalue weighted by Crippen LogP contribution is -2.36. The summed E-state index contributed by atoms with van der Waals surface area (Å²) < 4.78 is 18.5. The van der Waals surface area contributed by atoms with Crippen LogP contribution < -0.4 is 15.4 Å². The summed E-state index contributed by atoms with van der Waals surface area (Å²) in [5.74, 6) is 0.828. The summed E-state index contributed by atoms with van der Waals surface area (Å²) in [4.78, 5) is 11.8. The van der Waals surface area contributed by atoms with Crippen LogP contribution in [0, 0.1) is 11.7 Å². The van der Waals surface area contributed by atoms with Crippen molar-refractivity contribution in [1.82, 2.24) is 10.6 Å². The van der Waals surface area contributed by atoms with Gasteiger partial charge in [-0.25, -0.2) is 4.39 Å². The molecule has 1 aliphatic heterocycles. The fourth-order valence-corrected chi connectivity index (χ4v) is 2.46. The highest BCUT2D eigenvalue weighted by atomic mass is 35.5. The molecule has 0 spiro atoms. The van der Waals surface area contributed by atoms with Gasteiger partial charge in [0.05, 0.1) is 6.04 Å². The van der Waals surface area contributed by atoms with Crippen molar-refractivity contribution in [1.29, 1.82) is 0 Å². The molecule has 1 aromatic carbocycles. The Kier molecular flexibility index (Phi) is 8.20. The molecule has 1 aromatic rings. The first-order chi connectivity index (χ1) is 10.1. The molecule has 0 bridgehead atoms. The average Bonchev–Trinajstić information content (AvgIpc) is 2.96. The van der Waals surface area contributed by atoms with Crippen LogP contribution in [0.1, 0.15) is 26.2 Å². The maximum Gasteiger partial charge on any atom is 0.220 e. The summed E-state index contributed by atoms with van der Waals surface area (Å²) in [6.07, 6.45) is 2.64. The zero-order chi connectivity index (χ0) is 15.1. The van der Waals surface area contributed by atoms with Crippen molar-refractivity contribution in [2.45, 2.75) is 32.2 Å². The van der Waals surface area contributed by atoms with Crippen LogP contribution in [-0.4, -0.2) is 31.6 Å². The van der Waals surface area contributed by atoms with Crippen LogP contribution in [0.5, 0.6) is 5.75 Å². The van der Waals surface area contributed by atoms with Crippen molar-refractivity contribution in [2.24, 2.45) is 5.92 Å². The Morgan fingerprint density at radius 3 is 3.05 bits per heavy atom. The van der Waals surface area contributed by atoms with Gasteiger partial charge in [-0.3, -0.25) is 4.79 Å². The molecule has 1 aliphatic rings. The first kappa shape index (κ1) is 18.7. The van der Waals surface area contributed by atoms with Crippen molar-refractivity contribution in [2.75, 3.05) is 19.7 Å². The molecule has 4 nitrogen and oxygen atoms in total. The monoisotopic (exact) mass is 330 g/mol. The Balaban J connectivity index is 0.00000242. The third-order valence-electron chi connectivity index (χ3n) is 3.65. The Labute approximate surface area is 137 Å². The summed E-state index contributed by atoms with van der Waals surface area (Å²) in [6, 6.07) is 5.91. The predicted octanol–water partition coefficient (Wildman–Crippen LogP) is 2.52. The first-order valence-electron chi connectivity index (χ1n) is 7.52. The Bertz CT molecular complexity index is 467. The summed E-state index contributed by atoms with van der Waals surface area (Å²) in [5, 5.41) is 6.21. The van der Waals surface area contributed by atoms with E-state index in [-0.39, 0.29) is 30.2 Å². The fraction of sp³-hybridized carbons (Fsp3) is 0.562. The minimum atomic E-state index is -0.325. The van der Waals surface area contributed by atoms with Crippen molar-refractivity contribution in [3.8, 4) is 5.75 Å². The number of rotatable bonds is 7. The van der Waals surface area contributed by atoms with Crippen molar-refractivity contribution < 1.29 is 13.9 Å². The normalized spacial score (nSPS) is 18.4. The van der Waals surface area contributed by atoms with E-state index in [1.165, 1.54) is 12.1 Å². The number of hydrogen-bond donors (Lipinski definition) is 2. The van der Waals surface area contributed by atoms with Gasteiger partial charge < -0.3 is 15.4 Å². The molecular formula is C16H24ClFN2O2. The highest BCUT2D eigenvalue weighted by Crippen LogP contribution is 2.14. The zero-order valence-electron chi connectivity index (χ0n) is 12.8. The standard InChI is InChI=1S/C16H23FN2O2.ClH/c1-12(11-21-15-4-2-3-14(17)9-15)19-16(20)6-5-13-7-8-18-10-13;/h2-4,9,12-13,18H,5-8,10-11H2,1H3,(H,19,20);1H. The molecule has 1 fully saturated rings. The molecule has 1 saturated heterocycles. The molecule has 1 heterocycles. The smallest absolute Gasteiger partial charge is 0.220 e. The van der Waals surface area contributed by atoms with Crippen molar-refractivity contribution in [3.05, 3.63) is 30.1 Å². The van der Waals surface area contributed by atoms with Gasteiger partial charge in [0.15, 0.2) is 0 Å². The van der Waals surface area contributed by atoms with Gasteiger partial charge in [0, 0.05) is 12.5 Å². The molecule has 0 saturated carbocycles. The molecule has 0 aliphatic carbocycles. The van der Waals surface area contributed by atoms with E-state index >= 15 is 0 Å². The van der Waals surface area contributed by atoms with Crippen LogP contribution in [0.2, 0.25) is 0 Å². The van der Waals surface area contributed by atoms with Gasteiger partial charge in [0.2, 0.25) is 5.91 Å². The van der Waals surface area contributed by atoms with Crippen LogP contribution in [0.3, 0.4) is 0 Å². The second-order valence-corrected chi connectivity index (χ2v) is 5.63. The number of halogens is 2. The summed E-state index contributed by atoms with van der Waals surface area (Å²) >= 11 is 0. The molecule has 1 amide bonds. The van der Waals surface area contributed by atoms with Gasteiger partial charge in [-0.1, -0.05) is 6.07 Å². The first-order valence-corrected chi connectivity index (χ1v) is 7.52.